The molecule has 0 atom stereocenters. The van der Waals surface area contributed by atoms with Crippen LogP contribution in [-0.2, 0) is 0 Å². The molecule has 0 aliphatic carbocycles. The Hall–Kier alpha value is -2.30. The minimum Gasteiger partial charge on any atom is -0.478 e. The standard InChI is InChI=1S/C14H9F3O2/c1-7-3-2-4-9(12(7)14(18)19)13-10(16)5-8(15)6-11(13)17/h2-6H,1H3,(H,18,19). The molecule has 0 saturated heterocycles. The Kier molecular flexibility index (Phi) is 3.29. The zero-order valence-corrected chi connectivity index (χ0v) is 9.88. The van der Waals surface area contributed by atoms with Gasteiger partial charge in [-0.2, -0.15) is 0 Å². The van der Waals surface area contributed by atoms with Gasteiger partial charge < -0.3 is 5.11 Å². The van der Waals surface area contributed by atoms with Crippen LogP contribution in [0.15, 0.2) is 30.3 Å². The molecule has 0 fully saturated rings. The van der Waals surface area contributed by atoms with Crippen LogP contribution in [0, 0.1) is 24.4 Å². The monoisotopic (exact) mass is 266 g/mol. The summed E-state index contributed by atoms with van der Waals surface area (Å²) in [4.78, 5) is 11.2. The second-order valence-electron chi connectivity index (χ2n) is 4.05. The lowest BCUT2D eigenvalue weighted by Gasteiger charge is -2.11. The van der Waals surface area contributed by atoms with Crippen molar-refractivity contribution in [3.63, 3.8) is 0 Å². The molecule has 2 rings (SSSR count). The summed E-state index contributed by atoms with van der Waals surface area (Å²) in [5.74, 6) is -4.62. The van der Waals surface area contributed by atoms with Gasteiger partial charge in [-0.05, 0) is 12.5 Å². The molecule has 0 heterocycles. The lowest BCUT2D eigenvalue weighted by atomic mass is 9.95. The van der Waals surface area contributed by atoms with E-state index in [1.54, 1.807) is 0 Å². The number of carbonyl (C=O) groups is 1. The van der Waals surface area contributed by atoms with Crippen molar-refractivity contribution in [2.45, 2.75) is 6.92 Å². The summed E-state index contributed by atoms with van der Waals surface area (Å²) in [5, 5.41) is 9.13. The van der Waals surface area contributed by atoms with Crippen LogP contribution >= 0.6 is 0 Å². The molecule has 0 spiro atoms. The van der Waals surface area contributed by atoms with Crippen LogP contribution in [0.25, 0.3) is 11.1 Å². The number of halogens is 3. The molecule has 5 heteroatoms. The summed E-state index contributed by atoms with van der Waals surface area (Å²) in [6, 6.07) is 5.33. The SMILES string of the molecule is Cc1cccc(-c2c(F)cc(F)cc2F)c1C(=O)O. The predicted molar refractivity (Wildman–Crippen MR) is 63.4 cm³/mol. The van der Waals surface area contributed by atoms with Crippen molar-refractivity contribution < 1.29 is 23.1 Å². The van der Waals surface area contributed by atoms with Gasteiger partial charge in [-0.25, -0.2) is 18.0 Å². The quantitative estimate of drug-likeness (QED) is 0.898. The Morgan fingerprint density at radius 3 is 2.21 bits per heavy atom. The summed E-state index contributed by atoms with van der Waals surface area (Å²) in [6.07, 6.45) is 0. The van der Waals surface area contributed by atoms with Crippen molar-refractivity contribution in [1.82, 2.24) is 0 Å². The first-order valence-corrected chi connectivity index (χ1v) is 5.39. The van der Waals surface area contributed by atoms with Gasteiger partial charge in [-0.1, -0.05) is 18.2 Å². The van der Waals surface area contributed by atoms with Crippen molar-refractivity contribution in [2.75, 3.05) is 0 Å². The number of carboxylic acid groups (broad SMARTS) is 1. The number of hydrogen-bond donors (Lipinski definition) is 1. The molecule has 1 N–H and O–H groups in total. The maximum absolute atomic E-state index is 13.7. The number of rotatable bonds is 2. The van der Waals surface area contributed by atoms with E-state index in [9.17, 15) is 18.0 Å². The maximum atomic E-state index is 13.7. The van der Waals surface area contributed by atoms with Gasteiger partial charge in [-0.15, -0.1) is 0 Å². The molecule has 19 heavy (non-hydrogen) atoms. The molecule has 2 aromatic rings. The summed E-state index contributed by atoms with van der Waals surface area (Å²) in [7, 11) is 0. The first kappa shape index (κ1) is 13.1. The van der Waals surface area contributed by atoms with E-state index in [0.717, 1.165) is 0 Å². The Morgan fingerprint density at radius 1 is 1.11 bits per heavy atom. The Labute approximate surface area is 107 Å². The minimum atomic E-state index is -1.30. The third-order valence-electron chi connectivity index (χ3n) is 2.76. The van der Waals surface area contributed by atoms with Gasteiger partial charge in [0.15, 0.2) is 0 Å². The fourth-order valence-corrected chi connectivity index (χ4v) is 1.96. The Morgan fingerprint density at radius 2 is 1.68 bits per heavy atom. The molecule has 2 nitrogen and oxygen atoms in total. The maximum Gasteiger partial charge on any atom is 0.336 e. The first-order chi connectivity index (χ1) is 8.91. The van der Waals surface area contributed by atoms with Gasteiger partial charge in [0.1, 0.15) is 17.5 Å². The highest BCUT2D eigenvalue weighted by atomic mass is 19.1. The molecule has 98 valence electrons. The molecule has 0 aliphatic heterocycles. The first-order valence-electron chi connectivity index (χ1n) is 5.39. The fourth-order valence-electron chi connectivity index (χ4n) is 1.96. The van der Waals surface area contributed by atoms with E-state index in [1.165, 1.54) is 25.1 Å². The Balaban J connectivity index is 2.80. The van der Waals surface area contributed by atoms with E-state index in [0.29, 0.717) is 17.7 Å². The molecule has 0 saturated carbocycles. The van der Waals surface area contributed by atoms with Crippen LogP contribution in [-0.4, -0.2) is 11.1 Å². The fraction of sp³-hybridized carbons (Fsp3) is 0.0714. The highest BCUT2D eigenvalue weighted by Gasteiger charge is 2.20. The van der Waals surface area contributed by atoms with Gasteiger partial charge in [0.2, 0.25) is 0 Å². The lowest BCUT2D eigenvalue weighted by molar-refractivity contribution is 0.0697. The molecular weight excluding hydrogens is 257 g/mol. The van der Waals surface area contributed by atoms with Crippen molar-refractivity contribution in [1.29, 1.82) is 0 Å². The third kappa shape index (κ3) is 2.31. The molecule has 2 aromatic carbocycles. The zero-order chi connectivity index (χ0) is 14.2. The van der Waals surface area contributed by atoms with E-state index in [-0.39, 0.29) is 11.1 Å². The molecule has 0 unspecified atom stereocenters. The van der Waals surface area contributed by atoms with Crippen molar-refractivity contribution in [3.05, 3.63) is 58.9 Å². The number of aryl methyl sites for hydroxylation is 1. The van der Waals surface area contributed by atoms with Crippen molar-refractivity contribution in [3.8, 4) is 11.1 Å². The summed E-state index contributed by atoms with van der Waals surface area (Å²) < 4.78 is 40.3. The molecule has 0 amide bonds. The zero-order valence-electron chi connectivity index (χ0n) is 9.88. The Bertz CT molecular complexity index is 643. The lowest BCUT2D eigenvalue weighted by Crippen LogP contribution is -2.05. The number of benzene rings is 2. The van der Waals surface area contributed by atoms with E-state index < -0.39 is 29.0 Å². The smallest absolute Gasteiger partial charge is 0.336 e. The highest BCUT2D eigenvalue weighted by Crippen LogP contribution is 2.31. The predicted octanol–water partition coefficient (Wildman–Crippen LogP) is 3.78. The molecule has 0 aliphatic rings. The summed E-state index contributed by atoms with van der Waals surface area (Å²) in [6.45, 7) is 1.52. The number of carboxylic acids is 1. The van der Waals surface area contributed by atoms with E-state index >= 15 is 0 Å². The van der Waals surface area contributed by atoms with Crippen molar-refractivity contribution in [2.24, 2.45) is 0 Å². The van der Waals surface area contributed by atoms with E-state index in [2.05, 4.69) is 0 Å². The van der Waals surface area contributed by atoms with Crippen molar-refractivity contribution >= 4 is 5.97 Å². The van der Waals surface area contributed by atoms with Gasteiger partial charge in [0, 0.05) is 17.7 Å². The van der Waals surface area contributed by atoms with Crippen LogP contribution < -0.4 is 0 Å². The van der Waals surface area contributed by atoms with Gasteiger partial charge in [0.25, 0.3) is 0 Å². The normalized spacial score (nSPS) is 10.5. The summed E-state index contributed by atoms with van der Waals surface area (Å²) >= 11 is 0. The number of hydrogen-bond acceptors (Lipinski definition) is 1. The topological polar surface area (TPSA) is 37.3 Å². The average molecular weight is 266 g/mol. The third-order valence-corrected chi connectivity index (χ3v) is 2.76. The molecule has 0 aromatic heterocycles. The second kappa shape index (κ2) is 4.76. The van der Waals surface area contributed by atoms with Gasteiger partial charge in [0.05, 0.1) is 11.1 Å². The van der Waals surface area contributed by atoms with Gasteiger partial charge in [-0.3, -0.25) is 0 Å². The molecule has 0 bridgehead atoms. The summed E-state index contributed by atoms with van der Waals surface area (Å²) in [5.41, 5.74) is -0.481. The highest BCUT2D eigenvalue weighted by molar-refractivity contribution is 5.97. The second-order valence-corrected chi connectivity index (χ2v) is 4.05. The van der Waals surface area contributed by atoms with E-state index in [1.807, 2.05) is 0 Å². The minimum absolute atomic E-state index is 0.109. The number of aromatic carboxylic acids is 1. The molecule has 0 radical (unpaired) electrons. The molecular formula is C14H9F3O2. The van der Waals surface area contributed by atoms with Crippen LogP contribution in [0.2, 0.25) is 0 Å². The van der Waals surface area contributed by atoms with Crippen LogP contribution in [0.1, 0.15) is 15.9 Å². The van der Waals surface area contributed by atoms with Crippen LogP contribution in [0.5, 0.6) is 0 Å². The van der Waals surface area contributed by atoms with Gasteiger partial charge >= 0.3 is 5.97 Å². The largest absolute Gasteiger partial charge is 0.478 e. The van der Waals surface area contributed by atoms with Crippen LogP contribution in [0.3, 0.4) is 0 Å². The van der Waals surface area contributed by atoms with Crippen LogP contribution in [0.4, 0.5) is 13.2 Å². The average Bonchev–Trinajstić information content (AvgIpc) is 2.26. The van der Waals surface area contributed by atoms with E-state index in [4.69, 9.17) is 5.11 Å².